The molecule has 3 N–H and O–H groups in total. The van der Waals surface area contributed by atoms with Gasteiger partial charge in [-0.1, -0.05) is 12.1 Å². The van der Waals surface area contributed by atoms with Gasteiger partial charge in [0.1, 0.15) is 11.6 Å². The second-order valence-electron chi connectivity index (χ2n) is 5.84. The van der Waals surface area contributed by atoms with Crippen molar-refractivity contribution in [2.45, 2.75) is 25.2 Å². The molecule has 1 aliphatic rings. The van der Waals surface area contributed by atoms with Gasteiger partial charge in [-0.05, 0) is 30.5 Å². The lowest BCUT2D eigenvalue weighted by Gasteiger charge is -2.01. The quantitative estimate of drug-likeness (QED) is 0.670. The number of H-pyrrole nitrogens is 2. The monoisotopic (exact) mass is 326 g/mol. The van der Waals surface area contributed by atoms with Gasteiger partial charge in [-0.2, -0.15) is 10.1 Å². The Balaban J connectivity index is 1.45. The van der Waals surface area contributed by atoms with E-state index >= 15 is 0 Å². The van der Waals surface area contributed by atoms with E-state index in [4.69, 9.17) is 0 Å². The highest BCUT2D eigenvalue weighted by Gasteiger charge is 2.30. The molecule has 1 aliphatic carbocycles. The van der Waals surface area contributed by atoms with Crippen LogP contribution in [0.25, 0.3) is 0 Å². The number of anilines is 1. The van der Waals surface area contributed by atoms with Crippen LogP contribution in [0, 0.1) is 5.82 Å². The summed E-state index contributed by atoms with van der Waals surface area (Å²) in [4.78, 5) is 16.5. The molecule has 2 heterocycles. The normalized spacial score (nSPS) is 13.9. The smallest absolute Gasteiger partial charge is 0.261 e. The van der Waals surface area contributed by atoms with Crippen molar-refractivity contribution in [3.63, 3.8) is 0 Å². The van der Waals surface area contributed by atoms with Gasteiger partial charge >= 0.3 is 0 Å². The van der Waals surface area contributed by atoms with E-state index < -0.39 is 0 Å². The van der Waals surface area contributed by atoms with Gasteiger partial charge in [-0.3, -0.25) is 20.3 Å². The van der Waals surface area contributed by atoms with Gasteiger partial charge < -0.3 is 0 Å². The Morgan fingerprint density at radius 2 is 2.21 bits per heavy atom. The second-order valence-corrected chi connectivity index (χ2v) is 5.84. The van der Waals surface area contributed by atoms with Crippen LogP contribution in [0.15, 0.2) is 30.5 Å². The Morgan fingerprint density at radius 1 is 1.33 bits per heavy atom. The van der Waals surface area contributed by atoms with E-state index in [0.29, 0.717) is 23.7 Å². The summed E-state index contributed by atoms with van der Waals surface area (Å²) in [6.07, 6.45) is 4.06. The lowest BCUT2D eigenvalue weighted by molar-refractivity contribution is 0.102. The number of rotatable bonds is 5. The van der Waals surface area contributed by atoms with Crippen molar-refractivity contribution < 1.29 is 9.18 Å². The zero-order valence-corrected chi connectivity index (χ0v) is 12.7. The summed E-state index contributed by atoms with van der Waals surface area (Å²) in [5.74, 6) is 0.541. The number of amides is 1. The molecule has 1 aromatic carbocycles. The molecule has 24 heavy (non-hydrogen) atoms. The van der Waals surface area contributed by atoms with Gasteiger partial charge in [-0.25, -0.2) is 4.39 Å². The molecule has 0 unspecified atom stereocenters. The highest BCUT2D eigenvalue weighted by atomic mass is 19.1. The lowest BCUT2D eigenvalue weighted by atomic mass is 10.1. The molecule has 8 heteroatoms. The summed E-state index contributed by atoms with van der Waals surface area (Å²) in [6.45, 7) is 0. The van der Waals surface area contributed by atoms with E-state index in [1.54, 1.807) is 12.1 Å². The van der Waals surface area contributed by atoms with E-state index in [1.165, 1.54) is 18.3 Å². The molecule has 1 fully saturated rings. The first kappa shape index (κ1) is 14.6. The summed E-state index contributed by atoms with van der Waals surface area (Å²) in [7, 11) is 0. The predicted octanol–water partition coefficient (Wildman–Crippen LogP) is 2.39. The van der Waals surface area contributed by atoms with Gasteiger partial charge in [0.05, 0.1) is 17.5 Å². The molecular formula is C16H15FN6O. The average molecular weight is 326 g/mol. The Bertz CT molecular complexity index is 882. The minimum Gasteiger partial charge on any atom is -0.289 e. The van der Waals surface area contributed by atoms with Crippen LogP contribution in [0.5, 0.6) is 0 Å². The van der Waals surface area contributed by atoms with Crippen molar-refractivity contribution in [1.82, 2.24) is 25.4 Å². The van der Waals surface area contributed by atoms with Gasteiger partial charge in [-0.15, -0.1) is 5.10 Å². The number of aromatic nitrogens is 5. The Morgan fingerprint density at radius 3 is 3.00 bits per heavy atom. The topological polar surface area (TPSA) is 99.3 Å². The van der Waals surface area contributed by atoms with Crippen LogP contribution in [-0.2, 0) is 6.42 Å². The first-order chi connectivity index (χ1) is 11.7. The van der Waals surface area contributed by atoms with Crippen LogP contribution >= 0.6 is 0 Å². The third kappa shape index (κ3) is 3.03. The minimum atomic E-state index is -0.298. The van der Waals surface area contributed by atoms with Crippen molar-refractivity contribution in [1.29, 1.82) is 0 Å². The van der Waals surface area contributed by atoms with E-state index in [1.807, 2.05) is 0 Å². The van der Waals surface area contributed by atoms with Crippen LogP contribution in [-0.4, -0.2) is 31.3 Å². The van der Waals surface area contributed by atoms with Gasteiger partial charge in [0, 0.05) is 12.3 Å². The average Bonchev–Trinajstić information content (AvgIpc) is 3.11. The number of benzene rings is 1. The van der Waals surface area contributed by atoms with E-state index in [2.05, 4.69) is 30.7 Å². The largest absolute Gasteiger partial charge is 0.289 e. The number of aromatic amines is 2. The Hall–Kier alpha value is -3.03. The molecule has 0 aliphatic heterocycles. The van der Waals surface area contributed by atoms with Crippen LogP contribution in [0.3, 0.4) is 0 Å². The fraction of sp³-hybridized carbons (Fsp3) is 0.250. The van der Waals surface area contributed by atoms with Crippen LogP contribution < -0.4 is 5.32 Å². The minimum absolute atomic E-state index is 0.189. The molecule has 0 radical (unpaired) electrons. The molecule has 3 aromatic rings. The van der Waals surface area contributed by atoms with E-state index in [-0.39, 0.29) is 17.7 Å². The number of nitrogens with one attached hydrogen (secondary N) is 3. The fourth-order valence-electron chi connectivity index (χ4n) is 2.60. The van der Waals surface area contributed by atoms with Gasteiger partial charge in [0.15, 0.2) is 0 Å². The number of hydrogen-bond donors (Lipinski definition) is 3. The van der Waals surface area contributed by atoms with Crippen molar-refractivity contribution in [3.05, 3.63) is 58.9 Å². The maximum absolute atomic E-state index is 13.2. The molecule has 7 nitrogen and oxygen atoms in total. The molecule has 4 rings (SSSR count). The molecule has 1 saturated carbocycles. The second kappa shape index (κ2) is 5.88. The van der Waals surface area contributed by atoms with Crippen LogP contribution in [0.4, 0.5) is 10.3 Å². The molecule has 1 amide bonds. The van der Waals surface area contributed by atoms with Gasteiger partial charge in [0.2, 0.25) is 5.95 Å². The zero-order chi connectivity index (χ0) is 16.5. The maximum Gasteiger partial charge on any atom is 0.261 e. The fourth-order valence-corrected chi connectivity index (χ4v) is 2.60. The molecule has 2 aromatic heterocycles. The summed E-state index contributed by atoms with van der Waals surface area (Å²) in [5, 5.41) is 16.2. The van der Waals surface area contributed by atoms with Crippen molar-refractivity contribution in [2.24, 2.45) is 0 Å². The molecule has 0 spiro atoms. The number of halogens is 1. The van der Waals surface area contributed by atoms with Crippen LogP contribution in [0.2, 0.25) is 0 Å². The Labute approximate surface area is 136 Å². The summed E-state index contributed by atoms with van der Waals surface area (Å²) in [5.41, 5.74) is 2.16. The van der Waals surface area contributed by atoms with Crippen molar-refractivity contribution in [2.75, 3.05) is 5.32 Å². The lowest BCUT2D eigenvalue weighted by Crippen LogP contribution is -2.14. The molecular weight excluding hydrogens is 311 g/mol. The number of carbonyl (C=O) groups excluding carboxylic acids is 1. The summed E-state index contributed by atoms with van der Waals surface area (Å²) < 4.78 is 13.2. The third-order valence-electron chi connectivity index (χ3n) is 3.92. The van der Waals surface area contributed by atoms with E-state index in [0.717, 1.165) is 24.1 Å². The standard InChI is InChI=1S/C16H15FN6O/c17-11-3-1-2-9(6-11)7-13-19-16(23-21-13)20-15(24)12-8-18-22-14(12)10-4-5-10/h1-3,6,8,10H,4-5,7H2,(H,18,22)(H2,19,20,21,23,24). The number of nitrogens with zero attached hydrogens (tertiary/aromatic N) is 3. The van der Waals surface area contributed by atoms with Crippen molar-refractivity contribution >= 4 is 11.9 Å². The summed E-state index contributed by atoms with van der Waals surface area (Å²) >= 11 is 0. The van der Waals surface area contributed by atoms with Crippen molar-refractivity contribution in [3.8, 4) is 0 Å². The summed E-state index contributed by atoms with van der Waals surface area (Å²) in [6, 6.07) is 6.27. The highest BCUT2D eigenvalue weighted by Crippen LogP contribution is 2.40. The first-order valence-electron chi connectivity index (χ1n) is 7.69. The SMILES string of the molecule is O=C(Nc1n[nH]c(Cc2cccc(F)c2)n1)c1cn[nH]c1C1CC1. The first-order valence-corrected chi connectivity index (χ1v) is 7.69. The highest BCUT2D eigenvalue weighted by molar-refractivity contribution is 6.04. The van der Waals surface area contributed by atoms with E-state index in [9.17, 15) is 9.18 Å². The molecule has 122 valence electrons. The predicted molar refractivity (Wildman–Crippen MR) is 84.1 cm³/mol. The maximum atomic E-state index is 13.2. The Kier molecular flexibility index (Phi) is 3.56. The molecule has 0 saturated heterocycles. The number of carbonyl (C=O) groups is 1. The molecule has 0 bridgehead atoms. The molecule has 0 atom stereocenters. The number of hydrogen-bond acceptors (Lipinski definition) is 4. The van der Waals surface area contributed by atoms with Crippen LogP contribution in [0.1, 0.15) is 46.2 Å². The zero-order valence-electron chi connectivity index (χ0n) is 12.7. The van der Waals surface area contributed by atoms with Gasteiger partial charge in [0.25, 0.3) is 5.91 Å². The third-order valence-corrected chi connectivity index (χ3v) is 3.92.